The highest BCUT2D eigenvalue weighted by Crippen LogP contribution is 2.54. The molecule has 8 aromatic carbocycles. The molecule has 0 saturated heterocycles. The van der Waals surface area contributed by atoms with Crippen LogP contribution in [-0.2, 0) is 5.41 Å². The van der Waals surface area contributed by atoms with Crippen molar-refractivity contribution < 1.29 is 0 Å². The van der Waals surface area contributed by atoms with Gasteiger partial charge in [0.05, 0.1) is 16.7 Å². The van der Waals surface area contributed by atoms with Gasteiger partial charge in [0.1, 0.15) is 0 Å². The first kappa shape index (κ1) is 28.6. The largest absolute Gasteiger partial charge is 0.309 e. The van der Waals surface area contributed by atoms with Crippen LogP contribution in [0.15, 0.2) is 170 Å². The van der Waals surface area contributed by atoms with E-state index in [0.29, 0.717) is 0 Å². The molecule has 0 saturated carbocycles. The Hall–Kier alpha value is -6.18. The fraction of sp³-hybridized carbons (Fsp3) is 0.0800. The Morgan fingerprint density at radius 3 is 2.06 bits per heavy atom. The molecule has 2 aliphatic carbocycles. The predicted molar refractivity (Wildman–Crippen MR) is 214 cm³/mol. The first-order valence-electron chi connectivity index (χ1n) is 18.1. The topological polar surface area (TPSA) is 4.93 Å². The molecule has 0 spiro atoms. The van der Waals surface area contributed by atoms with Gasteiger partial charge in [-0.15, -0.1) is 0 Å². The van der Waals surface area contributed by atoms with E-state index in [4.69, 9.17) is 0 Å². The van der Waals surface area contributed by atoms with Gasteiger partial charge in [-0.2, -0.15) is 0 Å². The molecule has 1 atom stereocenters. The molecule has 51 heavy (non-hydrogen) atoms. The normalized spacial score (nSPS) is 15.2. The van der Waals surface area contributed by atoms with Crippen molar-refractivity contribution in [2.24, 2.45) is 0 Å². The number of nitrogens with zero attached hydrogens (tertiary/aromatic N) is 1. The number of aromatic nitrogens is 1. The summed E-state index contributed by atoms with van der Waals surface area (Å²) in [5, 5.41) is 5.17. The van der Waals surface area contributed by atoms with Crippen molar-refractivity contribution in [1.29, 1.82) is 0 Å². The Balaban J connectivity index is 1.18. The second kappa shape index (κ2) is 10.4. The summed E-state index contributed by atoms with van der Waals surface area (Å²) in [6, 6.07) is 63.4. The van der Waals surface area contributed by atoms with E-state index in [0.717, 1.165) is 0 Å². The van der Waals surface area contributed by atoms with Crippen LogP contribution in [0.1, 0.15) is 47.6 Å². The molecule has 1 heterocycles. The summed E-state index contributed by atoms with van der Waals surface area (Å²) in [5.74, 6) is 0.249. The van der Waals surface area contributed by atoms with Gasteiger partial charge in [-0.1, -0.05) is 153 Å². The summed E-state index contributed by atoms with van der Waals surface area (Å²) in [6.07, 6.45) is 0. The van der Waals surface area contributed by atoms with Gasteiger partial charge in [-0.05, 0) is 96.9 Å². The van der Waals surface area contributed by atoms with Crippen LogP contribution in [0.5, 0.6) is 0 Å². The second-order valence-electron chi connectivity index (χ2n) is 14.9. The molecule has 1 heteroatoms. The summed E-state index contributed by atoms with van der Waals surface area (Å²) in [6.45, 7) is 4.81. The molecule has 0 fully saturated rings. The van der Waals surface area contributed by atoms with Gasteiger partial charge in [0.25, 0.3) is 0 Å². The highest BCUT2D eigenvalue weighted by atomic mass is 15.0. The molecule has 11 rings (SSSR count). The minimum atomic E-state index is -0.136. The first-order chi connectivity index (χ1) is 25.1. The molecule has 0 N–H and O–H groups in total. The molecule has 1 nitrogen and oxygen atoms in total. The lowest BCUT2D eigenvalue weighted by Gasteiger charge is -2.22. The van der Waals surface area contributed by atoms with Gasteiger partial charge in [0.15, 0.2) is 0 Å². The molecule has 1 unspecified atom stereocenters. The van der Waals surface area contributed by atoms with Crippen LogP contribution in [-0.4, -0.2) is 4.57 Å². The third kappa shape index (κ3) is 3.92. The monoisotopic (exact) mass is 649 g/mol. The van der Waals surface area contributed by atoms with Crippen molar-refractivity contribution in [1.82, 2.24) is 4.57 Å². The van der Waals surface area contributed by atoms with Crippen LogP contribution in [0.4, 0.5) is 0 Å². The fourth-order valence-electron chi connectivity index (χ4n) is 9.61. The highest BCUT2D eigenvalue weighted by Gasteiger charge is 2.38. The number of hydrogen-bond donors (Lipinski definition) is 0. The summed E-state index contributed by atoms with van der Waals surface area (Å²) in [5.41, 5.74) is 18.4. The van der Waals surface area contributed by atoms with Crippen molar-refractivity contribution in [2.45, 2.75) is 25.2 Å². The van der Waals surface area contributed by atoms with E-state index in [2.05, 4.69) is 188 Å². The zero-order valence-electron chi connectivity index (χ0n) is 28.7. The van der Waals surface area contributed by atoms with Crippen molar-refractivity contribution >= 4 is 32.6 Å². The first-order valence-corrected chi connectivity index (χ1v) is 18.1. The summed E-state index contributed by atoms with van der Waals surface area (Å²) in [7, 11) is 0. The molecule has 0 amide bonds. The number of hydrogen-bond acceptors (Lipinski definition) is 0. The molecule has 0 aliphatic heterocycles. The minimum absolute atomic E-state index is 0.136. The van der Waals surface area contributed by atoms with E-state index in [-0.39, 0.29) is 11.3 Å². The Kier molecular flexibility index (Phi) is 5.85. The van der Waals surface area contributed by atoms with Crippen molar-refractivity contribution in [3.05, 3.63) is 198 Å². The minimum Gasteiger partial charge on any atom is -0.309 e. The molecule has 1 aromatic heterocycles. The quantitative estimate of drug-likeness (QED) is 0.179. The number of fused-ring (bicyclic) bond motifs is 11. The van der Waals surface area contributed by atoms with Crippen LogP contribution in [0.2, 0.25) is 0 Å². The van der Waals surface area contributed by atoms with E-state index < -0.39 is 0 Å². The van der Waals surface area contributed by atoms with Gasteiger partial charge in [-0.25, -0.2) is 0 Å². The van der Waals surface area contributed by atoms with E-state index in [1.807, 2.05) is 0 Å². The molecule has 240 valence electrons. The van der Waals surface area contributed by atoms with Crippen molar-refractivity contribution in [2.75, 3.05) is 0 Å². The SMILES string of the molecule is CC1(C)c2ccccc2-c2ccc3c(c21)c1cc(-c2ccc4c(c2)-c2ccccc2C4c2ccccc2)ccc1n3-c1cccc2ccccc12. The predicted octanol–water partition coefficient (Wildman–Crippen LogP) is 13.1. The van der Waals surface area contributed by atoms with E-state index in [9.17, 15) is 0 Å². The Bertz CT molecular complexity index is 2880. The molecule has 2 aliphatic rings. The smallest absolute Gasteiger partial charge is 0.0544 e. The van der Waals surface area contributed by atoms with Gasteiger partial charge in [0, 0.05) is 27.5 Å². The van der Waals surface area contributed by atoms with E-state index >= 15 is 0 Å². The van der Waals surface area contributed by atoms with Crippen LogP contribution < -0.4 is 0 Å². The lowest BCUT2D eigenvalue weighted by Crippen LogP contribution is -2.15. The zero-order chi connectivity index (χ0) is 33.8. The Labute approximate surface area is 298 Å². The van der Waals surface area contributed by atoms with Crippen molar-refractivity contribution in [3.63, 3.8) is 0 Å². The maximum Gasteiger partial charge on any atom is 0.0544 e. The van der Waals surface area contributed by atoms with Gasteiger partial charge >= 0.3 is 0 Å². The molecule has 0 radical (unpaired) electrons. The van der Waals surface area contributed by atoms with Crippen LogP contribution in [0.25, 0.3) is 71.6 Å². The molecular formula is C50H35N. The third-order valence-electron chi connectivity index (χ3n) is 11.8. The van der Waals surface area contributed by atoms with Crippen LogP contribution in [0.3, 0.4) is 0 Å². The lowest BCUT2D eigenvalue weighted by atomic mass is 9.80. The average Bonchev–Trinajstić information content (AvgIpc) is 3.77. The fourth-order valence-corrected chi connectivity index (χ4v) is 9.61. The van der Waals surface area contributed by atoms with Crippen LogP contribution in [0, 0.1) is 0 Å². The maximum absolute atomic E-state index is 2.51. The van der Waals surface area contributed by atoms with Gasteiger partial charge < -0.3 is 4.57 Å². The maximum atomic E-state index is 2.51. The van der Waals surface area contributed by atoms with E-state index in [1.54, 1.807) is 0 Å². The van der Waals surface area contributed by atoms with Crippen LogP contribution >= 0.6 is 0 Å². The second-order valence-corrected chi connectivity index (χ2v) is 14.9. The Morgan fingerprint density at radius 1 is 0.471 bits per heavy atom. The Morgan fingerprint density at radius 2 is 1.16 bits per heavy atom. The average molecular weight is 650 g/mol. The summed E-state index contributed by atoms with van der Waals surface area (Å²) >= 11 is 0. The number of rotatable bonds is 3. The molecule has 0 bridgehead atoms. The van der Waals surface area contributed by atoms with Gasteiger partial charge in [0.2, 0.25) is 0 Å². The molecular weight excluding hydrogens is 615 g/mol. The highest BCUT2D eigenvalue weighted by molar-refractivity contribution is 6.16. The standard InChI is InChI=1S/C50H35N/c1-50(2)43-21-11-10-19-37(43)40-26-28-46-48(49(40)50)42-30-34(24-27-45(42)51(46)44-22-12-16-31-13-6-7-17-35(31)44)33-23-25-39-41(29-33)36-18-8-9-20-38(36)47(39)32-14-4-3-5-15-32/h3-30,47H,1-2H3. The third-order valence-corrected chi connectivity index (χ3v) is 11.8. The van der Waals surface area contributed by atoms with Crippen molar-refractivity contribution in [3.8, 4) is 39.1 Å². The molecule has 9 aromatic rings. The van der Waals surface area contributed by atoms with E-state index in [1.165, 1.54) is 99.5 Å². The lowest BCUT2D eigenvalue weighted by molar-refractivity contribution is 0.666. The zero-order valence-corrected chi connectivity index (χ0v) is 28.7. The summed E-state index contributed by atoms with van der Waals surface area (Å²) < 4.78 is 2.51. The summed E-state index contributed by atoms with van der Waals surface area (Å²) in [4.78, 5) is 0. The number of benzene rings is 8. The van der Waals surface area contributed by atoms with Gasteiger partial charge in [-0.3, -0.25) is 0 Å².